The molecular formula is C49H31NOS. The van der Waals surface area contributed by atoms with Crippen molar-refractivity contribution in [2.75, 3.05) is 4.90 Å². The molecule has 0 amide bonds. The van der Waals surface area contributed by atoms with Crippen LogP contribution in [0.15, 0.2) is 192 Å². The molecule has 0 saturated carbocycles. The van der Waals surface area contributed by atoms with Gasteiger partial charge in [0.05, 0.1) is 16.8 Å². The molecule has 0 fully saturated rings. The molecule has 2 aromatic heterocycles. The Bertz CT molecular complexity index is 2930. The quantitative estimate of drug-likeness (QED) is 0.180. The van der Waals surface area contributed by atoms with Crippen LogP contribution in [0.5, 0.6) is 0 Å². The van der Waals surface area contributed by atoms with E-state index < -0.39 is 5.41 Å². The van der Waals surface area contributed by atoms with E-state index in [0.29, 0.717) is 0 Å². The predicted octanol–water partition coefficient (Wildman–Crippen LogP) is 13.8. The summed E-state index contributed by atoms with van der Waals surface area (Å²) < 4.78 is 9.31. The third kappa shape index (κ3) is 4.00. The molecule has 0 atom stereocenters. The summed E-state index contributed by atoms with van der Waals surface area (Å²) in [6.07, 6.45) is 0. The summed E-state index contributed by atoms with van der Waals surface area (Å²) in [5, 5.41) is 4.77. The Morgan fingerprint density at radius 1 is 0.423 bits per heavy atom. The van der Waals surface area contributed by atoms with Gasteiger partial charge in [-0.3, -0.25) is 0 Å². The van der Waals surface area contributed by atoms with E-state index in [-0.39, 0.29) is 0 Å². The first kappa shape index (κ1) is 29.3. The van der Waals surface area contributed by atoms with E-state index in [1.54, 1.807) is 0 Å². The minimum atomic E-state index is -0.673. The van der Waals surface area contributed by atoms with Crippen LogP contribution in [-0.4, -0.2) is 0 Å². The van der Waals surface area contributed by atoms with Crippen LogP contribution in [0.1, 0.15) is 22.3 Å². The molecule has 11 rings (SSSR count). The number of thiophene rings is 1. The third-order valence-electron chi connectivity index (χ3n) is 10.9. The molecule has 1 aliphatic rings. The van der Waals surface area contributed by atoms with Crippen molar-refractivity contribution in [2.24, 2.45) is 0 Å². The fourth-order valence-corrected chi connectivity index (χ4v) is 10.1. The van der Waals surface area contributed by atoms with E-state index in [4.69, 9.17) is 4.42 Å². The molecule has 52 heavy (non-hydrogen) atoms. The normalized spacial score (nSPS) is 13.2. The van der Waals surface area contributed by atoms with Crippen molar-refractivity contribution in [3.05, 3.63) is 210 Å². The van der Waals surface area contributed by atoms with Crippen LogP contribution in [0.4, 0.5) is 17.1 Å². The van der Waals surface area contributed by atoms with Crippen LogP contribution >= 0.6 is 11.3 Å². The van der Waals surface area contributed by atoms with Gasteiger partial charge in [0.2, 0.25) is 0 Å². The van der Waals surface area contributed by atoms with Crippen molar-refractivity contribution in [1.29, 1.82) is 0 Å². The van der Waals surface area contributed by atoms with Gasteiger partial charge in [-0.05, 0) is 76.3 Å². The monoisotopic (exact) mass is 681 g/mol. The summed E-state index contributed by atoms with van der Waals surface area (Å²) in [6.45, 7) is 0. The van der Waals surface area contributed by atoms with E-state index in [9.17, 15) is 0 Å². The highest BCUT2D eigenvalue weighted by molar-refractivity contribution is 7.26. The van der Waals surface area contributed by atoms with Crippen LogP contribution < -0.4 is 4.90 Å². The molecule has 3 heteroatoms. The Morgan fingerprint density at radius 3 is 1.81 bits per heavy atom. The van der Waals surface area contributed by atoms with E-state index in [1.165, 1.54) is 53.6 Å². The predicted molar refractivity (Wildman–Crippen MR) is 219 cm³/mol. The molecule has 244 valence electrons. The number of hydrogen-bond acceptors (Lipinski definition) is 3. The van der Waals surface area contributed by atoms with Crippen LogP contribution in [-0.2, 0) is 5.41 Å². The lowest BCUT2D eigenvalue weighted by Gasteiger charge is -2.39. The lowest BCUT2D eigenvalue weighted by Crippen LogP contribution is -2.31. The zero-order chi connectivity index (χ0) is 34.2. The lowest BCUT2D eigenvalue weighted by atomic mass is 9.66. The molecule has 0 aliphatic heterocycles. The molecule has 0 spiro atoms. The van der Waals surface area contributed by atoms with Crippen molar-refractivity contribution in [1.82, 2.24) is 0 Å². The van der Waals surface area contributed by atoms with Crippen LogP contribution in [0.2, 0.25) is 0 Å². The highest BCUT2D eigenvalue weighted by atomic mass is 32.1. The number of nitrogens with zero attached hydrogens (tertiary/aromatic N) is 1. The average molecular weight is 682 g/mol. The number of rotatable bonds is 5. The highest BCUT2D eigenvalue weighted by Gasteiger charge is 2.49. The molecule has 0 unspecified atom stereocenters. The molecular weight excluding hydrogens is 651 g/mol. The van der Waals surface area contributed by atoms with Crippen LogP contribution in [0, 0.1) is 0 Å². The van der Waals surface area contributed by atoms with Crippen molar-refractivity contribution >= 4 is 70.5 Å². The minimum absolute atomic E-state index is 0.673. The summed E-state index contributed by atoms with van der Waals surface area (Å²) in [4.78, 5) is 2.51. The fourth-order valence-electron chi connectivity index (χ4n) is 8.95. The smallest absolute Gasteiger partial charge is 0.135 e. The summed E-state index contributed by atoms with van der Waals surface area (Å²) in [6, 6.07) is 68.5. The molecule has 10 aromatic rings. The maximum absolute atomic E-state index is 6.75. The SMILES string of the molecule is c1ccc(N(c2ccc3oc4ccccc4c3c2C2(c3ccccc3)c3ccccc3-c3ccccc32)c2cccc3sc4ccccc4c23)cc1. The summed E-state index contributed by atoms with van der Waals surface area (Å²) >= 11 is 1.85. The molecule has 1 aliphatic carbocycles. The second-order valence-electron chi connectivity index (χ2n) is 13.6. The number of hydrogen-bond donors (Lipinski definition) is 0. The molecule has 2 heterocycles. The van der Waals surface area contributed by atoms with Gasteiger partial charge < -0.3 is 9.32 Å². The van der Waals surface area contributed by atoms with E-state index in [0.717, 1.165) is 39.0 Å². The molecule has 0 N–H and O–H groups in total. The Hall–Kier alpha value is -6.42. The highest BCUT2D eigenvalue weighted by Crippen LogP contribution is 2.61. The Kier molecular flexibility index (Phi) is 6.37. The van der Waals surface area contributed by atoms with E-state index in [2.05, 4.69) is 193 Å². The van der Waals surface area contributed by atoms with Gasteiger partial charge in [-0.25, -0.2) is 0 Å². The maximum atomic E-state index is 6.75. The molecule has 0 saturated heterocycles. The zero-order valence-corrected chi connectivity index (χ0v) is 29.0. The first-order valence-corrected chi connectivity index (χ1v) is 18.6. The van der Waals surface area contributed by atoms with Gasteiger partial charge in [0.15, 0.2) is 0 Å². The Morgan fingerprint density at radius 2 is 1.04 bits per heavy atom. The minimum Gasteiger partial charge on any atom is -0.456 e. The van der Waals surface area contributed by atoms with Crippen LogP contribution in [0.25, 0.3) is 53.2 Å². The summed E-state index contributed by atoms with van der Waals surface area (Å²) in [7, 11) is 0. The third-order valence-corrected chi connectivity index (χ3v) is 12.1. The first-order chi connectivity index (χ1) is 25.8. The number of anilines is 3. The average Bonchev–Trinajstić information content (AvgIpc) is 3.88. The van der Waals surface area contributed by atoms with Gasteiger partial charge >= 0.3 is 0 Å². The number of para-hydroxylation sites is 2. The van der Waals surface area contributed by atoms with Gasteiger partial charge in [-0.15, -0.1) is 11.3 Å². The van der Waals surface area contributed by atoms with Gasteiger partial charge in [0.25, 0.3) is 0 Å². The summed E-state index contributed by atoms with van der Waals surface area (Å²) in [5.41, 5.74) is 11.9. The van der Waals surface area contributed by atoms with Gasteiger partial charge in [0.1, 0.15) is 11.2 Å². The lowest BCUT2D eigenvalue weighted by molar-refractivity contribution is 0.667. The maximum Gasteiger partial charge on any atom is 0.135 e. The second kappa shape index (κ2) is 11.3. The Labute approximate surface area is 305 Å². The fraction of sp³-hybridized carbons (Fsp3) is 0.0204. The van der Waals surface area contributed by atoms with E-state index >= 15 is 0 Å². The molecule has 0 radical (unpaired) electrons. The van der Waals surface area contributed by atoms with Crippen molar-refractivity contribution in [3.63, 3.8) is 0 Å². The first-order valence-electron chi connectivity index (χ1n) is 17.8. The number of fused-ring (bicyclic) bond motifs is 9. The van der Waals surface area contributed by atoms with Gasteiger partial charge in [-0.2, -0.15) is 0 Å². The summed E-state index contributed by atoms with van der Waals surface area (Å²) in [5.74, 6) is 0. The van der Waals surface area contributed by atoms with Gasteiger partial charge in [-0.1, -0.05) is 140 Å². The number of benzene rings is 8. The van der Waals surface area contributed by atoms with Crippen molar-refractivity contribution in [3.8, 4) is 11.1 Å². The number of furan rings is 1. The zero-order valence-electron chi connectivity index (χ0n) is 28.2. The molecule has 8 aromatic carbocycles. The van der Waals surface area contributed by atoms with E-state index in [1.807, 2.05) is 11.3 Å². The van der Waals surface area contributed by atoms with Crippen molar-refractivity contribution in [2.45, 2.75) is 5.41 Å². The Balaban J connectivity index is 1.38. The van der Waals surface area contributed by atoms with Crippen molar-refractivity contribution < 1.29 is 4.42 Å². The van der Waals surface area contributed by atoms with Gasteiger partial charge in [0, 0.05) is 42.2 Å². The largest absolute Gasteiger partial charge is 0.456 e. The standard InChI is InChI=1S/C49H31NOS/c1-3-16-32(17-4-1)49(38-24-11-7-20-34(38)35-21-8-12-25-39(35)49)48-41(30-31-43-47(48)36-22-9-13-27-42(36)51-43)50(33-18-5-2-6-19-33)40-26-15-29-45-46(40)37-23-10-14-28-44(37)52-45/h1-31H. The topological polar surface area (TPSA) is 16.4 Å². The molecule has 0 bridgehead atoms. The second-order valence-corrected chi connectivity index (χ2v) is 14.6. The van der Waals surface area contributed by atoms with Crippen LogP contribution in [0.3, 0.4) is 0 Å². The molecule has 2 nitrogen and oxygen atoms in total.